The Morgan fingerprint density at radius 2 is 2.06 bits per heavy atom. The van der Waals surface area contributed by atoms with E-state index in [0.29, 0.717) is 12.8 Å². The number of carbonyl (C=O) groups excluding carboxylic acids is 3. The van der Waals surface area contributed by atoms with Gasteiger partial charge in [-0.25, -0.2) is 5.84 Å². The van der Waals surface area contributed by atoms with Crippen molar-refractivity contribution in [2.24, 2.45) is 35.4 Å². The Morgan fingerprint density at radius 3 is 2.75 bits per heavy atom. The van der Waals surface area contributed by atoms with Gasteiger partial charge in [0.1, 0.15) is 12.2 Å². The van der Waals surface area contributed by atoms with Crippen molar-refractivity contribution in [1.29, 1.82) is 0 Å². The highest BCUT2D eigenvalue weighted by molar-refractivity contribution is 5.82. The molecule has 8 heteroatoms. The first-order valence-corrected chi connectivity index (χ1v) is 11.6. The highest BCUT2D eigenvalue weighted by Gasteiger charge is 2.42. The van der Waals surface area contributed by atoms with Gasteiger partial charge in [-0.05, 0) is 42.6 Å². The van der Waals surface area contributed by atoms with E-state index in [4.69, 9.17) is 15.3 Å². The van der Waals surface area contributed by atoms with Crippen LogP contribution in [0.4, 0.5) is 0 Å². The maximum Gasteiger partial charge on any atom is 0.309 e. The average molecular weight is 449 g/mol. The number of hydrogen-bond acceptors (Lipinski definition) is 7. The number of carbonyl (C=O) groups is 3. The minimum absolute atomic E-state index is 0.0138. The monoisotopic (exact) mass is 448 g/mol. The molecule has 8 nitrogen and oxygen atoms in total. The Hall–Kier alpha value is -2.19. The van der Waals surface area contributed by atoms with Crippen molar-refractivity contribution in [1.82, 2.24) is 5.43 Å². The highest BCUT2D eigenvalue weighted by Crippen LogP contribution is 2.45. The molecule has 1 fully saturated rings. The molecule has 3 rings (SSSR count). The lowest BCUT2D eigenvalue weighted by Crippen LogP contribution is -2.42. The molecule has 0 radical (unpaired) electrons. The van der Waals surface area contributed by atoms with Crippen molar-refractivity contribution >= 4 is 17.8 Å². The number of nitrogens with two attached hydrogens (primary N) is 1. The van der Waals surface area contributed by atoms with Crippen molar-refractivity contribution < 1.29 is 29.0 Å². The van der Waals surface area contributed by atoms with Crippen molar-refractivity contribution in [2.75, 3.05) is 0 Å². The Kier molecular flexibility index (Phi) is 8.11. The number of hydrogen-bond donors (Lipinski definition) is 3. The smallest absolute Gasteiger partial charge is 0.309 e. The summed E-state index contributed by atoms with van der Waals surface area (Å²) in [5.41, 5.74) is 3.23. The van der Waals surface area contributed by atoms with Crippen LogP contribution in [0.2, 0.25) is 0 Å². The first kappa shape index (κ1) is 24.5. The number of cyclic esters (lactones) is 1. The van der Waals surface area contributed by atoms with E-state index in [1.54, 1.807) is 6.92 Å². The second-order valence-electron chi connectivity index (χ2n) is 9.72. The van der Waals surface area contributed by atoms with Gasteiger partial charge in [0, 0.05) is 18.8 Å². The molecule has 0 saturated carbocycles. The number of fused-ring (bicyclic) bond motifs is 1. The van der Waals surface area contributed by atoms with Crippen LogP contribution in [-0.4, -0.2) is 41.3 Å². The van der Waals surface area contributed by atoms with Crippen LogP contribution in [0.5, 0.6) is 0 Å². The minimum Gasteiger partial charge on any atom is -0.462 e. The van der Waals surface area contributed by atoms with E-state index in [1.807, 2.05) is 0 Å². The third kappa shape index (κ3) is 5.98. The molecule has 0 spiro atoms. The van der Waals surface area contributed by atoms with Gasteiger partial charge in [0.05, 0.1) is 18.4 Å². The van der Waals surface area contributed by atoms with Crippen LogP contribution in [0.1, 0.15) is 59.3 Å². The van der Waals surface area contributed by atoms with Crippen LogP contribution in [0.25, 0.3) is 0 Å². The normalized spacial score (nSPS) is 35.2. The molecule has 1 aliphatic heterocycles. The predicted octanol–water partition coefficient (Wildman–Crippen LogP) is 2.17. The number of ether oxygens (including phenoxy) is 2. The molecule has 0 aromatic heterocycles. The number of amides is 1. The maximum atomic E-state index is 12.7. The quantitative estimate of drug-likeness (QED) is 0.236. The van der Waals surface area contributed by atoms with E-state index in [-0.39, 0.29) is 54.7 Å². The zero-order chi connectivity index (χ0) is 23.4. The van der Waals surface area contributed by atoms with E-state index in [0.717, 1.165) is 12.8 Å². The molecular weight excluding hydrogens is 412 g/mol. The van der Waals surface area contributed by atoms with Crippen LogP contribution in [0.15, 0.2) is 23.8 Å². The number of rotatable bonds is 7. The molecule has 8 atom stereocenters. The number of hydrazine groups is 1. The lowest BCUT2D eigenvalue weighted by atomic mass is 9.65. The Morgan fingerprint density at radius 1 is 1.31 bits per heavy atom. The molecule has 1 heterocycles. The lowest BCUT2D eigenvalue weighted by molar-refractivity contribution is -0.162. The van der Waals surface area contributed by atoms with Gasteiger partial charge >= 0.3 is 11.9 Å². The van der Waals surface area contributed by atoms with Crippen molar-refractivity contribution in [2.45, 2.75) is 77.6 Å². The van der Waals surface area contributed by atoms with E-state index in [1.165, 1.54) is 5.57 Å². The Balaban J connectivity index is 1.72. The van der Waals surface area contributed by atoms with Crippen molar-refractivity contribution in [3.8, 4) is 0 Å². The molecule has 4 N–H and O–H groups in total. The summed E-state index contributed by atoms with van der Waals surface area (Å²) in [5, 5.41) is 9.91. The van der Waals surface area contributed by atoms with Gasteiger partial charge < -0.3 is 14.6 Å². The van der Waals surface area contributed by atoms with Crippen LogP contribution < -0.4 is 11.3 Å². The Labute approximate surface area is 189 Å². The zero-order valence-electron chi connectivity index (χ0n) is 19.2. The van der Waals surface area contributed by atoms with Crippen molar-refractivity contribution in [3.63, 3.8) is 0 Å². The largest absolute Gasteiger partial charge is 0.462 e. The van der Waals surface area contributed by atoms with Gasteiger partial charge in [-0.3, -0.25) is 19.8 Å². The number of allylic oxidation sites excluding steroid dienone is 3. The molecule has 0 aromatic carbocycles. The fraction of sp³-hybridized carbons (Fsp3) is 0.708. The summed E-state index contributed by atoms with van der Waals surface area (Å²) in [7, 11) is 0. The molecule has 1 saturated heterocycles. The molecule has 0 aromatic rings. The molecule has 3 aliphatic rings. The molecule has 32 heavy (non-hydrogen) atoms. The SMILES string of the molecule is C[C@H]1C=C2C=C[C@H](C)[C@H](CC[C@H]3C[C@@H](O)CC(=O)O3)[C@H]2[C@@H](OC(=O)[C@@H](C)CC(=O)NN)C1. The molecular formula is C24H36N2O6. The summed E-state index contributed by atoms with van der Waals surface area (Å²) in [6, 6.07) is 0. The fourth-order valence-corrected chi connectivity index (χ4v) is 5.32. The zero-order valence-corrected chi connectivity index (χ0v) is 19.2. The van der Waals surface area contributed by atoms with Crippen LogP contribution in [0, 0.1) is 29.6 Å². The summed E-state index contributed by atoms with van der Waals surface area (Å²) >= 11 is 0. The third-order valence-corrected chi connectivity index (χ3v) is 6.98. The summed E-state index contributed by atoms with van der Waals surface area (Å²) in [6.45, 7) is 5.94. The molecule has 2 aliphatic carbocycles. The van der Waals surface area contributed by atoms with Crippen LogP contribution in [-0.2, 0) is 23.9 Å². The standard InChI is InChI=1S/C24H36N2O6/c1-13-8-16-5-4-14(2)19(7-6-18-11-17(27)12-22(29)31-18)23(16)20(9-13)32-24(30)15(3)10-21(28)26-25/h4-5,8,13-15,17-20,23,27H,6-7,9-12,25H2,1-3H3,(H,26,28)/t13-,14-,15-,17+,18-,19-,20-,23-/m0/s1. The number of esters is 2. The third-order valence-electron chi connectivity index (χ3n) is 6.98. The first-order valence-electron chi connectivity index (χ1n) is 11.6. The second kappa shape index (κ2) is 10.6. The minimum atomic E-state index is -0.642. The maximum absolute atomic E-state index is 12.7. The highest BCUT2D eigenvalue weighted by atomic mass is 16.5. The number of nitrogens with one attached hydrogen (secondary N) is 1. The number of aliphatic hydroxyl groups excluding tert-OH is 1. The average Bonchev–Trinajstić information content (AvgIpc) is 2.72. The van der Waals surface area contributed by atoms with E-state index >= 15 is 0 Å². The van der Waals surface area contributed by atoms with Gasteiger partial charge in [0.15, 0.2) is 0 Å². The molecule has 0 bridgehead atoms. The summed E-state index contributed by atoms with van der Waals surface area (Å²) in [6.07, 6.45) is 8.08. The van der Waals surface area contributed by atoms with E-state index < -0.39 is 23.9 Å². The fourth-order valence-electron chi connectivity index (χ4n) is 5.32. The summed E-state index contributed by atoms with van der Waals surface area (Å²) in [4.78, 5) is 36.0. The molecule has 0 unspecified atom stereocenters. The van der Waals surface area contributed by atoms with Gasteiger partial charge in [-0.2, -0.15) is 0 Å². The lowest BCUT2D eigenvalue weighted by Gasteiger charge is -2.43. The number of aliphatic hydroxyl groups is 1. The Bertz CT molecular complexity index is 778. The predicted molar refractivity (Wildman–Crippen MR) is 117 cm³/mol. The summed E-state index contributed by atoms with van der Waals surface area (Å²) in [5.74, 6) is 4.24. The first-order chi connectivity index (χ1) is 15.2. The van der Waals surface area contributed by atoms with Crippen LogP contribution >= 0.6 is 0 Å². The van der Waals surface area contributed by atoms with E-state index in [2.05, 4.69) is 37.5 Å². The van der Waals surface area contributed by atoms with Gasteiger partial charge in [-0.15, -0.1) is 0 Å². The summed E-state index contributed by atoms with van der Waals surface area (Å²) < 4.78 is 11.4. The topological polar surface area (TPSA) is 128 Å². The van der Waals surface area contributed by atoms with Gasteiger partial charge in [0.2, 0.25) is 5.91 Å². The van der Waals surface area contributed by atoms with Crippen molar-refractivity contribution in [3.05, 3.63) is 23.8 Å². The van der Waals surface area contributed by atoms with Gasteiger partial charge in [0.25, 0.3) is 0 Å². The molecule has 178 valence electrons. The van der Waals surface area contributed by atoms with Crippen LogP contribution in [0.3, 0.4) is 0 Å². The van der Waals surface area contributed by atoms with Gasteiger partial charge in [-0.1, -0.05) is 39.0 Å². The second-order valence-corrected chi connectivity index (χ2v) is 9.72. The molecule has 1 amide bonds. The van der Waals surface area contributed by atoms with E-state index in [9.17, 15) is 19.5 Å².